The van der Waals surface area contributed by atoms with Crippen molar-refractivity contribution in [1.82, 2.24) is 15.6 Å². The first-order valence-corrected chi connectivity index (χ1v) is 7.43. The number of carbonyl (C=O) groups is 1. The maximum absolute atomic E-state index is 12.1. The third kappa shape index (κ3) is 3.60. The van der Waals surface area contributed by atoms with Crippen LogP contribution < -0.4 is 10.6 Å². The lowest BCUT2D eigenvalue weighted by Gasteiger charge is -2.36. The number of rotatable bonds is 5. The molecule has 1 aromatic rings. The van der Waals surface area contributed by atoms with Crippen molar-refractivity contribution in [3.05, 3.63) is 17.3 Å². The van der Waals surface area contributed by atoms with Crippen molar-refractivity contribution in [2.24, 2.45) is 0 Å². The van der Waals surface area contributed by atoms with E-state index in [4.69, 9.17) is 4.42 Å². The molecule has 0 atom stereocenters. The number of aryl methyl sites for hydroxylation is 2. The number of oxazole rings is 1. The summed E-state index contributed by atoms with van der Waals surface area (Å²) in [6, 6.07) is 0. The van der Waals surface area contributed by atoms with Gasteiger partial charge in [0.2, 0.25) is 11.8 Å². The van der Waals surface area contributed by atoms with E-state index in [1.165, 1.54) is 19.3 Å². The van der Waals surface area contributed by atoms with Gasteiger partial charge in [-0.25, -0.2) is 4.98 Å². The van der Waals surface area contributed by atoms with Crippen molar-refractivity contribution in [2.45, 2.75) is 64.5 Å². The molecular weight excluding hydrogens is 254 g/mol. The van der Waals surface area contributed by atoms with E-state index in [2.05, 4.69) is 15.6 Å². The van der Waals surface area contributed by atoms with E-state index in [0.717, 1.165) is 24.3 Å². The maximum atomic E-state index is 12.1. The van der Waals surface area contributed by atoms with E-state index in [9.17, 15) is 4.79 Å². The molecule has 0 radical (unpaired) electrons. The summed E-state index contributed by atoms with van der Waals surface area (Å²) in [4.78, 5) is 16.4. The zero-order valence-electron chi connectivity index (χ0n) is 12.7. The van der Waals surface area contributed by atoms with Crippen molar-refractivity contribution >= 4 is 5.91 Å². The van der Waals surface area contributed by atoms with Gasteiger partial charge in [-0.2, -0.15) is 0 Å². The van der Waals surface area contributed by atoms with Gasteiger partial charge in [0.1, 0.15) is 5.76 Å². The average Bonchev–Trinajstić information content (AvgIpc) is 2.77. The SMILES string of the molecule is CNC1(CC(=O)NCc2nc(C)c(C)o2)CCCCC1. The summed E-state index contributed by atoms with van der Waals surface area (Å²) in [5, 5.41) is 6.27. The number of carbonyl (C=O) groups excluding carboxylic acids is 1. The number of aromatic nitrogens is 1. The fourth-order valence-electron chi connectivity index (χ4n) is 2.90. The van der Waals surface area contributed by atoms with Crippen LogP contribution >= 0.6 is 0 Å². The third-order valence-electron chi connectivity index (χ3n) is 4.35. The highest BCUT2D eigenvalue weighted by atomic mass is 16.4. The Kier molecular flexibility index (Phi) is 4.81. The second-order valence-corrected chi connectivity index (χ2v) is 5.79. The van der Waals surface area contributed by atoms with Gasteiger partial charge >= 0.3 is 0 Å². The van der Waals surface area contributed by atoms with Gasteiger partial charge in [0.25, 0.3) is 0 Å². The minimum absolute atomic E-state index is 0.0231. The molecule has 2 N–H and O–H groups in total. The Bertz CT molecular complexity index is 442. The van der Waals surface area contributed by atoms with Crippen LogP contribution in [0, 0.1) is 13.8 Å². The Hall–Kier alpha value is -1.36. The van der Waals surface area contributed by atoms with Crippen LogP contribution in [-0.4, -0.2) is 23.5 Å². The molecular formula is C15H25N3O2. The van der Waals surface area contributed by atoms with Crippen molar-refractivity contribution in [1.29, 1.82) is 0 Å². The van der Waals surface area contributed by atoms with E-state index >= 15 is 0 Å². The van der Waals surface area contributed by atoms with Crippen molar-refractivity contribution in [3.63, 3.8) is 0 Å². The van der Waals surface area contributed by atoms with Crippen molar-refractivity contribution in [3.8, 4) is 0 Å². The highest BCUT2D eigenvalue weighted by molar-refractivity contribution is 5.77. The normalized spacial score (nSPS) is 17.9. The van der Waals surface area contributed by atoms with Crippen LogP contribution in [0.3, 0.4) is 0 Å². The lowest BCUT2D eigenvalue weighted by atomic mass is 9.79. The summed E-state index contributed by atoms with van der Waals surface area (Å²) in [7, 11) is 1.96. The number of hydrogen-bond donors (Lipinski definition) is 2. The van der Waals surface area contributed by atoms with E-state index in [1.54, 1.807) is 0 Å². The number of hydrogen-bond acceptors (Lipinski definition) is 4. The molecule has 5 nitrogen and oxygen atoms in total. The third-order valence-corrected chi connectivity index (χ3v) is 4.35. The highest BCUT2D eigenvalue weighted by Gasteiger charge is 2.32. The molecule has 1 amide bonds. The van der Waals surface area contributed by atoms with Crippen LogP contribution in [0.4, 0.5) is 0 Å². The Morgan fingerprint density at radius 3 is 2.55 bits per heavy atom. The predicted octanol–water partition coefficient (Wildman–Crippen LogP) is 2.22. The minimum atomic E-state index is -0.0231. The minimum Gasteiger partial charge on any atom is -0.444 e. The van der Waals surface area contributed by atoms with Gasteiger partial charge in [-0.3, -0.25) is 4.79 Å². The van der Waals surface area contributed by atoms with E-state index in [-0.39, 0.29) is 11.4 Å². The molecule has 0 spiro atoms. The molecule has 1 fully saturated rings. The van der Waals surface area contributed by atoms with Gasteiger partial charge in [-0.15, -0.1) is 0 Å². The van der Waals surface area contributed by atoms with E-state index in [1.807, 2.05) is 20.9 Å². The zero-order valence-corrected chi connectivity index (χ0v) is 12.7. The molecule has 1 aromatic heterocycles. The molecule has 1 heterocycles. The molecule has 0 aliphatic heterocycles. The first kappa shape index (κ1) is 15.0. The average molecular weight is 279 g/mol. The molecule has 0 unspecified atom stereocenters. The molecule has 5 heteroatoms. The monoisotopic (exact) mass is 279 g/mol. The van der Waals surface area contributed by atoms with Gasteiger partial charge in [0.15, 0.2) is 0 Å². The van der Waals surface area contributed by atoms with Crippen LogP contribution in [0.1, 0.15) is 55.9 Å². The van der Waals surface area contributed by atoms with Crippen molar-refractivity contribution < 1.29 is 9.21 Å². The zero-order chi connectivity index (χ0) is 14.6. The Morgan fingerprint density at radius 2 is 2.00 bits per heavy atom. The maximum Gasteiger partial charge on any atom is 0.222 e. The van der Waals surface area contributed by atoms with E-state index < -0.39 is 0 Å². The number of nitrogens with zero attached hydrogens (tertiary/aromatic N) is 1. The Balaban J connectivity index is 1.85. The summed E-state index contributed by atoms with van der Waals surface area (Å²) >= 11 is 0. The summed E-state index contributed by atoms with van der Waals surface area (Å²) in [6.45, 7) is 4.15. The molecule has 0 bridgehead atoms. The van der Waals surface area contributed by atoms with Crippen LogP contribution in [0.25, 0.3) is 0 Å². The molecule has 1 aliphatic rings. The largest absolute Gasteiger partial charge is 0.444 e. The first-order chi connectivity index (χ1) is 9.54. The van der Waals surface area contributed by atoms with Crippen LogP contribution in [-0.2, 0) is 11.3 Å². The second-order valence-electron chi connectivity index (χ2n) is 5.79. The van der Waals surface area contributed by atoms with Crippen LogP contribution in [0.5, 0.6) is 0 Å². The molecule has 0 aromatic carbocycles. The molecule has 2 rings (SSSR count). The molecule has 20 heavy (non-hydrogen) atoms. The summed E-state index contributed by atoms with van der Waals surface area (Å²) in [5.41, 5.74) is 0.860. The van der Waals surface area contributed by atoms with Gasteiger partial charge < -0.3 is 15.1 Å². The van der Waals surface area contributed by atoms with Crippen LogP contribution in [0.15, 0.2) is 4.42 Å². The molecule has 112 valence electrons. The quantitative estimate of drug-likeness (QED) is 0.867. The lowest BCUT2D eigenvalue weighted by molar-refractivity contribution is -0.123. The van der Waals surface area contributed by atoms with Gasteiger partial charge in [-0.05, 0) is 33.7 Å². The van der Waals surface area contributed by atoms with E-state index in [0.29, 0.717) is 18.9 Å². The number of nitrogens with one attached hydrogen (secondary N) is 2. The summed E-state index contributed by atoms with van der Waals surface area (Å²) in [6.07, 6.45) is 6.36. The lowest BCUT2D eigenvalue weighted by Crippen LogP contribution is -2.48. The smallest absolute Gasteiger partial charge is 0.222 e. The summed E-state index contributed by atoms with van der Waals surface area (Å²) in [5.74, 6) is 1.46. The highest BCUT2D eigenvalue weighted by Crippen LogP contribution is 2.30. The Labute approximate surface area is 120 Å². The van der Waals surface area contributed by atoms with Gasteiger partial charge in [0.05, 0.1) is 12.2 Å². The topological polar surface area (TPSA) is 67.2 Å². The molecule has 0 saturated heterocycles. The fourth-order valence-corrected chi connectivity index (χ4v) is 2.90. The predicted molar refractivity (Wildman–Crippen MR) is 77.3 cm³/mol. The first-order valence-electron chi connectivity index (χ1n) is 7.43. The second kappa shape index (κ2) is 6.39. The van der Waals surface area contributed by atoms with Gasteiger partial charge in [-0.1, -0.05) is 19.3 Å². The van der Waals surface area contributed by atoms with Crippen molar-refractivity contribution in [2.75, 3.05) is 7.05 Å². The molecule has 1 aliphatic carbocycles. The molecule has 1 saturated carbocycles. The summed E-state index contributed by atoms with van der Waals surface area (Å²) < 4.78 is 5.46. The fraction of sp³-hybridized carbons (Fsp3) is 0.733. The Morgan fingerprint density at radius 1 is 1.30 bits per heavy atom. The van der Waals surface area contributed by atoms with Gasteiger partial charge in [0, 0.05) is 12.0 Å². The number of amides is 1. The standard InChI is InChI=1S/C15H25N3O2/c1-11-12(2)20-14(18-11)10-17-13(19)9-15(16-3)7-5-4-6-8-15/h16H,4-10H2,1-3H3,(H,17,19). The van der Waals surface area contributed by atoms with Crippen LogP contribution in [0.2, 0.25) is 0 Å².